The van der Waals surface area contributed by atoms with Crippen LogP contribution in [0.1, 0.15) is 37.8 Å². The summed E-state index contributed by atoms with van der Waals surface area (Å²) in [5.74, 6) is 0.604. The molecule has 1 atom stereocenters. The number of hydrogen-bond acceptors (Lipinski definition) is 2. The Morgan fingerprint density at radius 1 is 1.42 bits per heavy atom. The van der Waals surface area contributed by atoms with Crippen LogP contribution in [0.5, 0.6) is 0 Å². The molecule has 0 bridgehead atoms. The molecule has 1 heterocycles. The molecule has 2 rings (SSSR count). The minimum Gasteiger partial charge on any atom is -0.381 e. The molecular formula is C15H21BrClNO. The standard InChI is InChI=1S/C15H21BrClNO/c1-2-8-18-15(11-6-9-19-10-7-11)12-4-3-5-13(16)14(12)17/h3-5,11,15,18H,2,6-10H2,1H3. The lowest BCUT2D eigenvalue weighted by atomic mass is 9.87. The molecule has 0 aliphatic carbocycles. The van der Waals surface area contributed by atoms with Gasteiger partial charge in [-0.25, -0.2) is 0 Å². The molecule has 106 valence electrons. The molecule has 19 heavy (non-hydrogen) atoms. The number of halogens is 2. The molecule has 0 spiro atoms. The third-order valence-electron chi connectivity index (χ3n) is 3.67. The van der Waals surface area contributed by atoms with Crippen molar-refractivity contribution in [3.8, 4) is 0 Å². The van der Waals surface area contributed by atoms with Crippen LogP contribution in [0.2, 0.25) is 5.02 Å². The first-order valence-corrected chi connectivity index (χ1v) is 8.16. The highest BCUT2D eigenvalue weighted by molar-refractivity contribution is 9.10. The van der Waals surface area contributed by atoms with Gasteiger partial charge < -0.3 is 10.1 Å². The molecule has 1 aromatic carbocycles. The van der Waals surface area contributed by atoms with Crippen LogP contribution in [0.15, 0.2) is 22.7 Å². The van der Waals surface area contributed by atoms with Crippen molar-refractivity contribution in [2.24, 2.45) is 5.92 Å². The fourth-order valence-electron chi connectivity index (χ4n) is 2.64. The van der Waals surface area contributed by atoms with E-state index in [-0.39, 0.29) is 0 Å². The van der Waals surface area contributed by atoms with E-state index in [2.05, 4.69) is 40.3 Å². The minimum absolute atomic E-state index is 0.328. The first kappa shape index (κ1) is 15.3. The van der Waals surface area contributed by atoms with E-state index in [1.54, 1.807) is 0 Å². The van der Waals surface area contributed by atoms with Crippen LogP contribution in [0.4, 0.5) is 0 Å². The minimum atomic E-state index is 0.328. The smallest absolute Gasteiger partial charge is 0.0595 e. The maximum atomic E-state index is 6.47. The van der Waals surface area contributed by atoms with E-state index in [9.17, 15) is 0 Å². The van der Waals surface area contributed by atoms with Crippen LogP contribution >= 0.6 is 27.5 Å². The van der Waals surface area contributed by atoms with Crippen molar-refractivity contribution in [2.75, 3.05) is 19.8 Å². The Balaban J connectivity index is 2.22. The zero-order chi connectivity index (χ0) is 13.7. The largest absolute Gasteiger partial charge is 0.381 e. The topological polar surface area (TPSA) is 21.3 Å². The Morgan fingerprint density at radius 3 is 2.84 bits per heavy atom. The maximum Gasteiger partial charge on any atom is 0.0595 e. The Kier molecular flexibility index (Phi) is 6.14. The second kappa shape index (κ2) is 7.63. The lowest BCUT2D eigenvalue weighted by Gasteiger charge is -2.32. The van der Waals surface area contributed by atoms with Gasteiger partial charge in [0.05, 0.1) is 5.02 Å². The molecule has 1 fully saturated rings. The highest BCUT2D eigenvalue weighted by Crippen LogP contribution is 2.36. The van der Waals surface area contributed by atoms with Gasteiger partial charge in [0.2, 0.25) is 0 Å². The summed E-state index contributed by atoms with van der Waals surface area (Å²) in [6.45, 7) is 4.93. The Morgan fingerprint density at radius 2 is 2.16 bits per heavy atom. The van der Waals surface area contributed by atoms with Gasteiger partial charge in [-0.2, -0.15) is 0 Å². The normalized spacial score (nSPS) is 18.5. The number of benzene rings is 1. The lowest BCUT2D eigenvalue weighted by molar-refractivity contribution is 0.0536. The van der Waals surface area contributed by atoms with Crippen molar-refractivity contribution in [1.29, 1.82) is 0 Å². The van der Waals surface area contributed by atoms with E-state index in [4.69, 9.17) is 16.3 Å². The van der Waals surface area contributed by atoms with Gasteiger partial charge in [-0.1, -0.05) is 30.7 Å². The molecule has 0 radical (unpaired) electrons. The third-order valence-corrected chi connectivity index (χ3v) is 4.98. The molecule has 1 aromatic rings. The van der Waals surface area contributed by atoms with Crippen LogP contribution in [0, 0.1) is 5.92 Å². The summed E-state index contributed by atoms with van der Waals surface area (Å²) in [5, 5.41) is 4.50. The molecule has 0 amide bonds. The van der Waals surface area contributed by atoms with Crippen molar-refractivity contribution in [3.63, 3.8) is 0 Å². The number of rotatable bonds is 5. The summed E-state index contributed by atoms with van der Waals surface area (Å²) in [4.78, 5) is 0. The van der Waals surface area contributed by atoms with Crippen LogP contribution in [-0.2, 0) is 4.74 Å². The van der Waals surface area contributed by atoms with Crippen molar-refractivity contribution in [3.05, 3.63) is 33.3 Å². The number of hydrogen-bond donors (Lipinski definition) is 1. The van der Waals surface area contributed by atoms with E-state index in [1.807, 2.05) is 6.07 Å². The molecule has 1 aliphatic rings. The van der Waals surface area contributed by atoms with Crippen molar-refractivity contribution in [1.82, 2.24) is 5.32 Å². The van der Waals surface area contributed by atoms with Gasteiger partial charge in [-0.05, 0) is 59.3 Å². The van der Waals surface area contributed by atoms with Crippen molar-refractivity contribution < 1.29 is 4.74 Å². The predicted octanol–water partition coefficient (Wildman–Crippen LogP) is 4.57. The van der Waals surface area contributed by atoms with Gasteiger partial charge in [-0.3, -0.25) is 0 Å². The van der Waals surface area contributed by atoms with Gasteiger partial charge in [0.25, 0.3) is 0 Å². The molecular weight excluding hydrogens is 326 g/mol. The van der Waals surface area contributed by atoms with Crippen LogP contribution in [-0.4, -0.2) is 19.8 Å². The average molecular weight is 347 g/mol. The molecule has 0 aromatic heterocycles. The highest BCUT2D eigenvalue weighted by atomic mass is 79.9. The predicted molar refractivity (Wildman–Crippen MR) is 83.7 cm³/mol. The summed E-state index contributed by atoms with van der Waals surface area (Å²) in [6.07, 6.45) is 3.33. The van der Waals surface area contributed by atoms with E-state index < -0.39 is 0 Å². The Bertz CT molecular complexity index is 407. The van der Waals surface area contributed by atoms with E-state index in [0.717, 1.165) is 48.5 Å². The molecule has 1 saturated heterocycles. The van der Waals surface area contributed by atoms with Gasteiger partial charge in [0, 0.05) is 23.7 Å². The summed E-state index contributed by atoms with van der Waals surface area (Å²) >= 11 is 9.99. The monoisotopic (exact) mass is 345 g/mol. The summed E-state index contributed by atoms with van der Waals surface area (Å²) in [5.41, 5.74) is 1.20. The first-order valence-electron chi connectivity index (χ1n) is 6.99. The second-order valence-corrected chi connectivity index (χ2v) is 6.26. The molecule has 1 N–H and O–H groups in total. The van der Waals surface area contributed by atoms with Crippen LogP contribution in [0.3, 0.4) is 0 Å². The van der Waals surface area contributed by atoms with Crippen LogP contribution < -0.4 is 5.32 Å². The maximum absolute atomic E-state index is 6.47. The van der Waals surface area contributed by atoms with E-state index >= 15 is 0 Å². The summed E-state index contributed by atoms with van der Waals surface area (Å²) in [6, 6.07) is 6.52. The van der Waals surface area contributed by atoms with Gasteiger partial charge >= 0.3 is 0 Å². The molecule has 1 aliphatic heterocycles. The average Bonchev–Trinajstić information content (AvgIpc) is 2.45. The zero-order valence-electron chi connectivity index (χ0n) is 11.3. The third kappa shape index (κ3) is 3.94. The zero-order valence-corrected chi connectivity index (χ0v) is 13.6. The Labute approximate surface area is 129 Å². The van der Waals surface area contributed by atoms with E-state index in [0.29, 0.717) is 12.0 Å². The van der Waals surface area contributed by atoms with Gasteiger partial charge in [-0.15, -0.1) is 0 Å². The summed E-state index contributed by atoms with van der Waals surface area (Å²) < 4.78 is 6.45. The Hall–Kier alpha value is -0.0900. The van der Waals surface area contributed by atoms with Crippen LogP contribution in [0.25, 0.3) is 0 Å². The molecule has 1 unspecified atom stereocenters. The number of nitrogens with one attached hydrogen (secondary N) is 1. The van der Waals surface area contributed by atoms with Crippen molar-refractivity contribution >= 4 is 27.5 Å². The lowest BCUT2D eigenvalue weighted by Crippen LogP contribution is -2.32. The number of ether oxygens (including phenoxy) is 1. The SMILES string of the molecule is CCCNC(c1cccc(Br)c1Cl)C1CCOCC1. The van der Waals surface area contributed by atoms with Gasteiger partial charge in [0.1, 0.15) is 0 Å². The molecule has 4 heteroatoms. The van der Waals surface area contributed by atoms with Crippen molar-refractivity contribution in [2.45, 2.75) is 32.2 Å². The fraction of sp³-hybridized carbons (Fsp3) is 0.600. The fourth-order valence-corrected chi connectivity index (χ4v) is 3.27. The molecule has 2 nitrogen and oxygen atoms in total. The highest BCUT2D eigenvalue weighted by Gasteiger charge is 2.26. The second-order valence-electron chi connectivity index (χ2n) is 5.02. The first-order chi connectivity index (χ1) is 9.24. The van der Waals surface area contributed by atoms with E-state index in [1.165, 1.54) is 5.56 Å². The quantitative estimate of drug-likeness (QED) is 0.843. The molecule has 0 saturated carbocycles. The van der Waals surface area contributed by atoms with Gasteiger partial charge in [0.15, 0.2) is 0 Å². The summed E-state index contributed by atoms with van der Waals surface area (Å²) in [7, 11) is 0.